The van der Waals surface area contributed by atoms with Crippen LogP contribution >= 0.6 is 11.6 Å². The Bertz CT molecular complexity index is 405. The third kappa shape index (κ3) is 3.39. The van der Waals surface area contributed by atoms with Crippen LogP contribution in [0.1, 0.15) is 23.2 Å². The lowest BCUT2D eigenvalue weighted by molar-refractivity contribution is -0.121. The van der Waals surface area contributed by atoms with Gasteiger partial charge < -0.3 is 10.6 Å². The van der Waals surface area contributed by atoms with Crippen LogP contribution in [0.25, 0.3) is 0 Å². The molecule has 0 atom stereocenters. The predicted molar refractivity (Wildman–Crippen MR) is 63.4 cm³/mol. The molecule has 17 heavy (non-hydrogen) atoms. The Morgan fingerprint density at radius 2 is 2.18 bits per heavy atom. The van der Waals surface area contributed by atoms with Gasteiger partial charge in [0.2, 0.25) is 0 Å². The fourth-order valence-corrected chi connectivity index (χ4v) is 1.83. The highest BCUT2D eigenvalue weighted by atomic mass is 35.5. The van der Waals surface area contributed by atoms with E-state index in [2.05, 4.69) is 4.98 Å². The first-order chi connectivity index (χ1) is 8.15. The average molecular weight is 256 g/mol. The van der Waals surface area contributed by atoms with E-state index in [0.717, 1.165) is 12.8 Å². The first-order valence-electron chi connectivity index (χ1n) is 5.48. The monoisotopic (exact) mass is 255 g/mol. The van der Waals surface area contributed by atoms with Gasteiger partial charge in [0, 0.05) is 31.5 Å². The average Bonchev–Trinajstić information content (AvgIpc) is 2.32. The molecule has 5 nitrogen and oxygen atoms in total. The van der Waals surface area contributed by atoms with Gasteiger partial charge in [-0.1, -0.05) is 11.6 Å². The molecule has 0 bridgehead atoms. The number of piperidine rings is 1. The van der Waals surface area contributed by atoms with Crippen molar-refractivity contribution in [3.8, 4) is 0 Å². The van der Waals surface area contributed by atoms with Crippen LogP contribution in [-0.4, -0.2) is 35.1 Å². The van der Waals surface area contributed by atoms with Crippen LogP contribution in [0.3, 0.4) is 0 Å². The fourth-order valence-electron chi connectivity index (χ4n) is 1.66. The maximum atomic E-state index is 11.8. The Morgan fingerprint density at radius 3 is 2.82 bits per heavy atom. The van der Waals surface area contributed by atoms with Crippen molar-refractivity contribution < 1.29 is 9.63 Å². The lowest BCUT2D eigenvalue weighted by Gasteiger charge is -2.28. The molecule has 6 heteroatoms. The highest BCUT2D eigenvalue weighted by Crippen LogP contribution is 2.13. The van der Waals surface area contributed by atoms with E-state index in [9.17, 15) is 4.79 Å². The van der Waals surface area contributed by atoms with Gasteiger partial charge in [0.25, 0.3) is 0 Å². The van der Waals surface area contributed by atoms with Crippen LogP contribution in [0.15, 0.2) is 18.5 Å². The number of carbonyl (C=O) groups is 1. The second-order valence-electron chi connectivity index (χ2n) is 4.04. The van der Waals surface area contributed by atoms with Gasteiger partial charge in [0.1, 0.15) is 0 Å². The maximum absolute atomic E-state index is 11.8. The standard InChI is InChI=1S/C11H14ClN3O2/c12-9-5-8(6-14-7-9)11(16)17-15-3-1-10(13)2-4-15/h5-7,10H,1-4,13H2. The summed E-state index contributed by atoms with van der Waals surface area (Å²) in [5.41, 5.74) is 6.12. The molecule has 1 aliphatic heterocycles. The number of hydrogen-bond acceptors (Lipinski definition) is 5. The third-order valence-corrected chi connectivity index (χ3v) is 2.86. The molecule has 1 aromatic rings. The fraction of sp³-hybridized carbons (Fsp3) is 0.455. The van der Waals surface area contributed by atoms with E-state index < -0.39 is 5.97 Å². The Kier molecular flexibility index (Phi) is 3.93. The topological polar surface area (TPSA) is 68.4 Å². The van der Waals surface area contributed by atoms with Gasteiger partial charge in [-0.05, 0) is 18.9 Å². The van der Waals surface area contributed by atoms with E-state index in [4.69, 9.17) is 22.2 Å². The quantitative estimate of drug-likeness (QED) is 0.861. The molecule has 1 fully saturated rings. The van der Waals surface area contributed by atoms with Crippen molar-refractivity contribution in [2.24, 2.45) is 5.73 Å². The van der Waals surface area contributed by atoms with E-state index >= 15 is 0 Å². The molecule has 0 amide bonds. The van der Waals surface area contributed by atoms with Crippen LogP contribution < -0.4 is 5.73 Å². The molecule has 0 saturated carbocycles. The molecular weight excluding hydrogens is 242 g/mol. The van der Waals surface area contributed by atoms with E-state index in [-0.39, 0.29) is 6.04 Å². The zero-order chi connectivity index (χ0) is 12.3. The molecule has 2 heterocycles. The summed E-state index contributed by atoms with van der Waals surface area (Å²) in [5.74, 6) is -0.435. The normalized spacial score (nSPS) is 18.0. The minimum Gasteiger partial charge on any atom is -0.364 e. The Hall–Kier alpha value is -1.17. The number of hydroxylamine groups is 2. The van der Waals surface area contributed by atoms with E-state index in [1.165, 1.54) is 18.5 Å². The minimum absolute atomic E-state index is 0.206. The van der Waals surface area contributed by atoms with Gasteiger partial charge in [-0.25, -0.2) is 4.79 Å². The summed E-state index contributed by atoms with van der Waals surface area (Å²) in [6.07, 6.45) is 4.57. The Balaban J connectivity index is 1.93. The number of carbonyl (C=O) groups excluding carboxylic acids is 1. The molecule has 0 unspecified atom stereocenters. The van der Waals surface area contributed by atoms with E-state index in [0.29, 0.717) is 23.7 Å². The summed E-state index contributed by atoms with van der Waals surface area (Å²) in [5, 5.41) is 2.05. The number of halogens is 1. The van der Waals surface area contributed by atoms with Crippen molar-refractivity contribution in [1.82, 2.24) is 10.0 Å². The zero-order valence-corrected chi connectivity index (χ0v) is 10.1. The highest BCUT2D eigenvalue weighted by Gasteiger charge is 2.20. The van der Waals surface area contributed by atoms with Crippen LogP contribution in [0, 0.1) is 0 Å². The molecule has 0 spiro atoms. The Morgan fingerprint density at radius 1 is 1.47 bits per heavy atom. The van der Waals surface area contributed by atoms with Crippen molar-refractivity contribution >= 4 is 17.6 Å². The van der Waals surface area contributed by atoms with Crippen LogP contribution in [0.4, 0.5) is 0 Å². The van der Waals surface area contributed by atoms with Crippen molar-refractivity contribution in [1.29, 1.82) is 0 Å². The van der Waals surface area contributed by atoms with Gasteiger partial charge in [-0.2, -0.15) is 0 Å². The summed E-state index contributed by atoms with van der Waals surface area (Å²) >= 11 is 5.75. The summed E-state index contributed by atoms with van der Waals surface area (Å²) in [6, 6.07) is 1.74. The summed E-state index contributed by atoms with van der Waals surface area (Å²) in [4.78, 5) is 20.8. The van der Waals surface area contributed by atoms with Gasteiger partial charge in [0.05, 0.1) is 10.6 Å². The summed E-state index contributed by atoms with van der Waals surface area (Å²) < 4.78 is 0. The maximum Gasteiger partial charge on any atom is 0.358 e. The SMILES string of the molecule is NC1CCN(OC(=O)c2cncc(Cl)c2)CC1. The zero-order valence-electron chi connectivity index (χ0n) is 9.30. The summed E-state index contributed by atoms with van der Waals surface area (Å²) in [7, 11) is 0. The largest absolute Gasteiger partial charge is 0.364 e. The van der Waals surface area contributed by atoms with Gasteiger partial charge in [-0.15, -0.1) is 5.06 Å². The van der Waals surface area contributed by atoms with Crippen molar-refractivity contribution in [3.05, 3.63) is 29.0 Å². The highest BCUT2D eigenvalue weighted by molar-refractivity contribution is 6.30. The van der Waals surface area contributed by atoms with E-state index in [1.807, 2.05) is 0 Å². The number of rotatable bonds is 2. The molecule has 0 radical (unpaired) electrons. The van der Waals surface area contributed by atoms with Crippen LogP contribution in [0.5, 0.6) is 0 Å². The molecule has 1 aromatic heterocycles. The minimum atomic E-state index is -0.435. The molecule has 2 N–H and O–H groups in total. The predicted octanol–water partition coefficient (Wildman–Crippen LogP) is 1.23. The van der Waals surface area contributed by atoms with E-state index in [1.54, 1.807) is 5.06 Å². The van der Waals surface area contributed by atoms with Gasteiger partial charge >= 0.3 is 5.97 Å². The molecule has 92 valence electrons. The van der Waals surface area contributed by atoms with Crippen LogP contribution in [-0.2, 0) is 4.84 Å². The lowest BCUT2D eigenvalue weighted by atomic mass is 10.1. The molecule has 0 aliphatic carbocycles. The molecule has 2 rings (SSSR count). The molecule has 0 aromatic carbocycles. The van der Waals surface area contributed by atoms with Crippen molar-refractivity contribution in [2.75, 3.05) is 13.1 Å². The van der Waals surface area contributed by atoms with Crippen LogP contribution in [0.2, 0.25) is 5.02 Å². The first-order valence-corrected chi connectivity index (χ1v) is 5.86. The number of hydrogen-bond donors (Lipinski definition) is 1. The lowest BCUT2D eigenvalue weighted by Crippen LogP contribution is -2.40. The number of nitrogens with two attached hydrogens (primary N) is 1. The molecule has 1 aliphatic rings. The van der Waals surface area contributed by atoms with Gasteiger partial charge in [-0.3, -0.25) is 4.98 Å². The third-order valence-electron chi connectivity index (χ3n) is 2.65. The molecular formula is C11H14ClN3O2. The summed E-state index contributed by atoms with van der Waals surface area (Å²) in [6.45, 7) is 1.34. The van der Waals surface area contributed by atoms with Gasteiger partial charge in [0.15, 0.2) is 0 Å². The van der Waals surface area contributed by atoms with Crippen molar-refractivity contribution in [3.63, 3.8) is 0 Å². The number of nitrogens with zero attached hydrogens (tertiary/aromatic N) is 2. The Labute approximate surface area is 104 Å². The first kappa shape index (κ1) is 12.3. The molecule has 1 saturated heterocycles. The smallest absolute Gasteiger partial charge is 0.358 e. The second-order valence-corrected chi connectivity index (χ2v) is 4.47. The number of pyridine rings is 1. The van der Waals surface area contributed by atoms with Crippen molar-refractivity contribution in [2.45, 2.75) is 18.9 Å². The second kappa shape index (κ2) is 5.44. The number of aromatic nitrogens is 1.